The fourth-order valence-corrected chi connectivity index (χ4v) is 6.79. The van der Waals surface area contributed by atoms with Gasteiger partial charge in [-0.3, -0.25) is 19.3 Å². The Bertz CT molecular complexity index is 1730. The largest absolute Gasteiger partial charge is 0.376 e. The SMILES string of the molecule is Cc1cc(C)c(C(=O)C(=O)N2CCN(c3cnn(-c4ccccc4)c(=O)c3NC3CCN(Cc4ccccc4)CC3)CC2)c(C)c1. The molecule has 2 saturated heterocycles. The predicted molar refractivity (Wildman–Crippen MR) is 182 cm³/mol. The van der Waals surface area contributed by atoms with Gasteiger partial charge in [0, 0.05) is 57.4 Å². The number of nitrogens with one attached hydrogen (secondary N) is 1. The van der Waals surface area contributed by atoms with E-state index in [1.807, 2.05) is 69.3 Å². The van der Waals surface area contributed by atoms with Crippen LogP contribution < -0.4 is 15.8 Å². The third-order valence-electron chi connectivity index (χ3n) is 9.15. The molecule has 9 heteroatoms. The molecule has 9 nitrogen and oxygen atoms in total. The second kappa shape index (κ2) is 13.7. The Morgan fingerprint density at radius 1 is 0.826 bits per heavy atom. The van der Waals surface area contributed by atoms with Crippen LogP contribution in [-0.4, -0.2) is 76.6 Å². The van der Waals surface area contributed by atoms with E-state index in [9.17, 15) is 14.4 Å². The first-order valence-electron chi connectivity index (χ1n) is 16.2. The van der Waals surface area contributed by atoms with E-state index in [0.717, 1.165) is 54.9 Å². The molecule has 0 radical (unpaired) electrons. The molecule has 0 bridgehead atoms. The Morgan fingerprint density at radius 3 is 2.07 bits per heavy atom. The summed E-state index contributed by atoms with van der Waals surface area (Å²) < 4.78 is 1.45. The number of amides is 1. The van der Waals surface area contributed by atoms with Gasteiger partial charge < -0.3 is 15.1 Å². The third kappa shape index (κ3) is 6.74. The number of aromatic nitrogens is 2. The van der Waals surface area contributed by atoms with Gasteiger partial charge in [-0.2, -0.15) is 9.78 Å². The van der Waals surface area contributed by atoms with Gasteiger partial charge in [0.05, 0.1) is 17.6 Å². The maximum Gasteiger partial charge on any atom is 0.296 e. The average Bonchev–Trinajstić information content (AvgIpc) is 3.06. The summed E-state index contributed by atoms with van der Waals surface area (Å²) >= 11 is 0. The van der Waals surface area contributed by atoms with Crippen LogP contribution in [0.25, 0.3) is 5.69 Å². The molecule has 1 amide bonds. The number of Topliss-reactive ketones (excluding diaryl/α,β-unsaturated/α-hetero) is 1. The van der Waals surface area contributed by atoms with Crippen LogP contribution in [0.1, 0.15) is 45.5 Å². The fourth-order valence-electron chi connectivity index (χ4n) is 6.79. The van der Waals surface area contributed by atoms with Crippen molar-refractivity contribution in [2.24, 2.45) is 0 Å². The molecule has 0 saturated carbocycles. The standard InChI is InChI=1S/C37H42N6O3/c1-26-22-27(2)33(28(3)23-26)35(44)37(46)42-20-18-41(19-21-42)32-24-38-43(31-12-8-5-9-13-31)36(45)34(32)39-30-14-16-40(17-15-30)25-29-10-6-4-7-11-29/h4-13,22-24,30,39H,14-21,25H2,1-3H3. The molecule has 2 aliphatic heterocycles. The monoisotopic (exact) mass is 618 g/mol. The van der Waals surface area contributed by atoms with Gasteiger partial charge in [0.2, 0.25) is 0 Å². The first-order valence-corrected chi connectivity index (χ1v) is 16.2. The van der Waals surface area contributed by atoms with Crippen LogP contribution in [0.3, 0.4) is 0 Å². The van der Waals surface area contributed by atoms with Crippen LogP contribution >= 0.6 is 0 Å². The minimum absolute atomic E-state index is 0.145. The van der Waals surface area contributed by atoms with E-state index in [1.165, 1.54) is 10.2 Å². The Morgan fingerprint density at radius 2 is 1.43 bits per heavy atom. The molecular formula is C37H42N6O3. The molecule has 0 unspecified atom stereocenters. The molecule has 3 heterocycles. The maximum atomic E-state index is 14.0. The highest BCUT2D eigenvalue weighted by molar-refractivity contribution is 6.43. The van der Waals surface area contributed by atoms with Crippen molar-refractivity contribution in [1.29, 1.82) is 0 Å². The average molecular weight is 619 g/mol. The zero-order valence-electron chi connectivity index (χ0n) is 26.9. The van der Waals surface area contributed by atoms with Crippen LogP contribution in [0.4, 0.5) is 11.4 Å². The van der Waals surface area contributed by atoms with E-state index in [0.29, 0.717) is 43.1 Å². The Labute approximate surface area is 270 Å². The number of hydrogen-bond acceptors (Lipinski definition) is 7. The van der Waals surface area contributed by atoms with Gasteiger partial charge in [-0.05, 0) is 62.4 Å². The topological polar surface area (TPSA) is 90.8 Å². The number of carbonyl (C=O) groups excluding carboxylic acids is 2. The van der Waals surface area contributed by atoms with E-state index >= 15 is 0 Å². The predicted octanol–water partition coefficient (Wildman–Crippen LogP) is 4.77. The number of piperazine rings is 1. The van der Waals surface area contributed by atoms with Crippen molar-refractivity contribution in [1.82, 2.24) is 19.6 Å². The first-order chi connectivity index (χ1) is 22.3. The summed E-state index contributed by atoms with van der Waals surface area (Å²) in [7, 11) is 0. The Hall–Kier alpha value is -4.76. The molecule has 3 aromatic carbocycles. The quantitative estimate of drug-likeness (QED) is 0.225. The molecular weight excluding hydrogens is 576 g/mol. The number of rotatable bonds is 8. The van der Waals surface area contributed by atoms with Crippen LogP contribution in [0, 0.1) is 20.8 Å². The van der Waals surface area contributed by atoms with Gasteiger partial charge in [0.15, 0.2) is 0 Å². The number of piperidine rings is 1. The number of hydrogen-bond donors (Lipinski definition) is 1. The molecule has 1 N–H and O–H groups in total. The number of benzene rings is 3. The summed E-state index contributed by atoms with van der Waals surface area (Å²) in [5, 5.41) is 8.19. The Kier molecular flexibility index (Phi) is 9.30. The summed E-state index contributed by atoms with van der Waals surface area (Å²) in [5.41, 5.74) is 6.27. The maximum absolute atomic E-state index is 14.0. The molecule has 0 aliphatic carbocycles. The molecule has 238 valence electrons. The van der Waals surface area contributed by atoms with E-state index < -0.39 is 11.7 Å². The van der Waals surface area contributed by atoms with Crippen molar-refractivity contribution in [2.45, 2.75) is 46.2 Å². The van der Waals surface area contributed by atoms with Gasteiger partial charge >= 0.3 is 0 Å². The van der Waals surface area contributed by atoms with Gasteiger partial charge in [0.25, 0.3) is 17.2 Å². The van der Waals surface area contributed by atoms with E-state index in [1.54, 1.807) is 11.1 Å². The van der Waals surface area contributed by atoms with E-state index in [2.05, 4.69) is 44.5 Å². The van der Waals surface area contributed by atoms with Crippen LogP contribution in [0.5, 0.6) is 0 Å². The van der Waals surface area contributed by atoms with Gasteiger partial charge in [0.1, 0.15) is 5.69 Å². The number of aryl methyl sites for hydroxylation is 3. The summed E-state index contributed by atoms with van der Waals surface area (Å²) in [5.74, 6) is -0.940. The lowest BCUT2D eigenvalue weighted by Crippen LogP contribution is -2.51. The highest BCUT2D eigenvalue weighted by atomic mass is 16.2. The first kappa shape index (κ1) is 31.2. The zero-order chi connectivity index (χ0) is 32.2. The summed E-state index contributed by atoms with van der Waals surface area (Å²) in [6.07, 6.45) is 3.59. The molecule has 1 aromatic heterocycles. The third-order valence-corrected chi connectivity index (χ3v) is 9.15. The second-order valence-electron chi connectivity index (χ2n) is 12.5. The van der Waals surface area contributed by atoms with Gasteiger partial charge in [-0.15, -0.1) is 0 Å². The van der Waals surface area contributed by atoms with Crippen molar-refractivity contribution < 1.29 is 9.59 Å². The molecule has 6 rings (SSSR count). The number of likely N-dealkylation sites (tertiary alicyclic amines) is 1. The number of carbonyl (C=O) groups is 2. The molecule has 46 heavy (non-hydrogen) atoms. The normalized spacial score (nSPS) is 16.0. The van der Waals surface area contributed by atoms with Crippen molar-refractivity contribution in [3.63, 3.8) is 0 Å². The van der Waals surface area contributed by atoms with Crippen molar-refractivity contribution in [3.05, 3.63) is 117 Å². The molecule has 2 aliphatic rings. The second-order valence-corrected chi connectivity index (χ2v) is 12.5. The van der Waals surface area contributed by atoms with Crippen molar-refractivity contribution in [3.8, 4) is 5.69 Å². The number of anilines is 2. The number of nitrogens with zero attached hydrogens (tertiary/aromatic N) is 5. The zero-order valence-corrected chi connectivity index (χ0v) is 26.9. The summed E-state index contributed by atoms with van der Waals surface area (Å²) in [4.78, 5) is 46.8. The number of para-hydroxylation sites is 1. The minimum atomic E-state index is -0.479. The van der Waals surface area contributed by atoms with Gasteiger partial charge in [-0.1, -0.05) is 66.2 Å². The lowest BCUT2D eigenvalue weighted by atomic mass is 9.96. The van der Waals surface area contributed by atoms with E-state index in [4.69, 9.17) is 0 Å². The molecule has 0 atom stereocenters. The number of ketones is 1. The van der Waals surface area contributed by atoms with Crippen LogP contribution in [0.2, 0.25) is 0 Å². The molecule has 0 spiro atoms. The minimum Gasteiger partial charge on any atom is -0.376 e. The van der Waals surface area contributed by atoms with Crippen LogP contribution in [-0.2, 0) is 11.3 Å². The molecule has 2 fully saturated rings. The summed E-state index contributed by atoms with van der Waals surface area (Å²) in [6.45, 7) is 10.3. The molecule has 4 aromatic rings. The van der Waals surface area contributed by atoms with Crippen molar-refractivity contribution in [2.75, 3.05) is 49.5 Å². The van der Waals surface area contributed by atoms with E-state index in [-0.39, 0.29) is 11.6 Å². The smallest absolute Gasteiger partial charge is 0.296 e. The Balaban J connectivity index is 1.18. The van der Waals surface area contributed by atoms with Crippen LogP contribution in [0.15, 0.2) is 83.8 Å². The van der Waals surface area contributed by atoms with Gasteiger partial charge in [-0.25, -0.2) is 0 Å². The lowest BCUT2D eigenvalue weighted by Gasteiger charge is -2.37. The fraction of sp³-hybridized carbons (Fsp3) is 0.351. The highest BCUT2D eigenvalue weighted by Gasteiger charge is 2.31. The summed E-state index contributed by atoms with van der Waals surface area (Å²) in [6, 6.07) is 24.0. The van der Waals surface area contributed by atoms with Crippen molar-refractivity contribution >= 4 is 23.1 Å². The highest BCUT2D eigenvalue weighted by Crippen LogP contribution is 2.27. The lowest BCUT2D eigenvalue weighted by molar-refractivity contribution is -0.126.